The van der Waals surface area contributed by atoms with Crippen LogP contribution < -0.4 is 9.64 Å². The van der Waals surface area contributed by atoms with E-state index in [4.69, 9.17) is 19.7 Å². The number of aromatic nitrogens is 3. The molecular formula is C35H38F3N5O2. The molecule has 0 radical (unpaired) electrons. The molecule has 0 spiro atoms. The number of rotatable bonds is 5. The van der Waals surface area contributed by atoms with Gasteiger partial charge < -0.3 is 14.7 Å². The van der Waals surface area contributed by atoms with Gasteiger partial charge in [0.2, 0.25) is 0 Å². The van der Waals surface area contributed by atoms with Crippen molar-refractivity contribution in [2.45, 2.75) is 88.9 Å². The number of aryl methyl sites for hydroxylation is 2. The molecule has 0 aliphatic carbocycles. The van der Waals surface area contributed by atoms with Crippen LogP contribution in [-0.2, 0) is 12.8 Å². The van der Waals surface area contributed by atoms with E-state index in [9.17, 15) is 9.50 Å². The van der Waals surface area contributed by atoms with Crippen LogP contribution in [0.1, 0.15) is 69.5 Å². The number of ether oxygens (including phenoxy) is 1. The lowest BCUT2D eigenvalue weighted by Crippen LogP contribution is -2.43. The summed E-state index contributed by atoms with van der Waals surface area (Å²) in [6.45, 7) is 4.15. The fourth-order valence-electron chi connectivity index (χ4n) is 8.58. The van der Waals surface area contributed by atoms with Crippen molar-refractivity contribution in [3.63, 3.8) is 0 Å². The molecule has 4 aromatic rings. The highest BCUT2D eigenvalue weighted by atomic mass is 19.1. The van der Waals surface area contributed by atoms with E-state index in [1.165, 1.54) is 12.1 Å². The lowest BCUT2D eigenvalue weighted by atomic mass is 9.94. The number of phenols is 1. The Bertz CT molecular complexity index is 1820. The van der Waals surface area contributed by atoms with Gasteiger partial charge in [-0.25, -0.2) is 18.2 Å². The number of hydrogen-bond acceptors (Lipinski definition) is 7. The number of hydrogen-bond donors (Lipinski definition) is 1. The van der Waals surface area contributed by atoms with Crippen molar-refractivity contribution in [2.24, 2.45) is 0 Å². The van der Waals surface area contributed by atoms with Crippen LogP contribution in [0.4, 0.5) is 19.0 Å². The van der Waals surface area contributed by atoms with E-state index in [2.05, 4.69) is 9.80 Å². The monoisotopic (exact) mass is 617 g/mol. The van der Waals surface area contributed by atoms with Crippen molar-refractivity contribution < 1.29 is 23.0 Å². The number of halogens is 3. The predicted octanol–water partition coefficient (Wildman–Crippen LogP) is 7.04. The van der Waals surface area contributed by atoms with Crippen LogP contribution in [0.2, 0.25) is 0 Å². The molecule has 4 aliphatic rings. The first kappa shape index (κ1) is 28.8. The third-order valence-electron chi connectivity index (χ3n) is 10.7. The summed E-state index contributed by atoms with van der Waals surface area (Å²) < 4.78 is 52.9. The minimum atomic E-state index is -0.891. The summed E-state index contributed by atoms with van der Waals surface area (Å²) in [5.41, 5.74) is 1.21. The zero-order valence-corrected chi connectivity index (χ0v) is 25.6. The van der Waals surface area contributed by atoms with Crippen molar-refractivity contribution in [2.75, 3.05) is 31.1 Å². The summed E-state index contributed by atoms with van der Waals surface area (Å²) in [5.74, 6) is -0.447. The van der Waals surface area contributed by atoms with Crippen molar-refractivity contribution in [1.29, 1.82) is 0 Å². The van der Waals surface area contributed by atoms with Gasteiger partial charge in [0.15, 0.2) is 5.82 Å². The molecule has 4 aliphatic heterocycles. The van der Waals surface area contributed by atoms with Gasteiger partial charge in [0.25, 0.3) is 0 Å². The average Bonchev–Trinajstić information content (AvgIpc) is 3.38. The highest BCUT2D eigenvalue weighted by Crippen LogP contribution is 2.44. The molecule has 3 saturated heterocycles. The number of phenolic OH excluding ortho intramolecular Hbond substituents is 1. The van der Waals surface area contributed by atoms with E-state index in [0.717, 1.165) is 58.0 Å². The molecule has 2 aromatic carbocycles. The van der Waals surface area contributed by atoms with Crippen molar-refractivity contribution in [3.05, 3.63) is 47.2 Å². The number of benzene rings is 2. The fraction of sp³-hybridized carbons (Fsp3) is 0.514. The Morgan fingerprint density at radius 1 is 1.02 bits per heavy atom. The van der Waals surface area contributed by atoms with Gasteiger partial charge in [-0.05, 0) is 86.0 Å². The quantitative estimate of drug-likeness (QED) is 0.258. The minimum Gasteiger partial charge on any atom is -0.508 e. The maximum absolute atomic E-state index is 17.0. The summed E-state index contributed by atoms with van der Waals surface area (Å²) in [6, 6.07) is 6.32. The smallest absolute Gasteiger partial charge is 0.319 e. The lowest BCUT2D eigenvalue weighted by molar-refractivity contribution is 0.107. The van der Waals surface area contributed by atoms with Crippen LogP contribution in [-0.4, -0.2) is 69.0 Å². The molecule has 3 fully saturated rings. The van der Waals surface area contributed by atoms with Crippen LogP contribution >= 0.6 is 0 Å². The first-order valence-corrected chi connectivity index (χ1v) is 16.5. The van der Waals surface area contributed by atoms with Crippen LogP contribution in [0.3, 0.4) is 0 Å². The molecule has 6 heterocycles. The summed E-state index contributed by atoms with van der Waals surface area (Å²) >= 11 is 0. The number of nitrogens with zero attached hydrogens (tertiary/aromatic N) is 5. The number of aromatic hydroxyl groups is 1. The van der Waals surface area contributed by atoms with Gasteiger partial charge in [0.1, 0.15) is 41.4 Å². The van der Waals surface area contributed by atoms with Gasteiger partial charge in [-0.2, -0.15) is 9.97 Å². The second-order valence-corrected chi connectivity index (χ2v) is 13.3. The van der Waals surface area contributed by atoms with E-state index in [0.29, 0.717) is 64.6 Å². The summed E-state index contributed by atoms with van der Waals surface area (Å²) in [4.78, 5) is 19.0. The first-order chi connectivity index (χ1) is 21.8. The highest BCUT2D eigenvalue weighted by Gasteiger charge is 2.49. The van der Waals surface area contributed by atoms with Crippen LogP contribution in [0.5, 0.6) is 11.8 Å². The fourth-order valence-corrected chi connectivity index (χ4v) is 8.58. The Kier molecular flexibility index (Phi) is 7.04. The second kappa shape index (κ2) is 11.0. The van der Waals surface area contributed by atoms with Crippen LogP contribution in [0.25, 0.3) is 32.9 Å². The first-order valence-electron chi connectivity index (χ1n) is 16.5. The Morgan fingerprint density at radius 3 is 2.78 bits per heavy atom. The Morgan fingerprint density at radius 2 is 1.91 bits per heavy atom. The van der Waals surface area contributed by atoms with Gasteiger partial charge in [-0.15, -0.1) is 0 Å². The normalized spacial score (nSPS) is 24.9. The van der Waals surface area contributed by atoms with E-state index in [1.807, 2.05) is 6.92 Å². The van der Waals surface area contributed by atoms with E-state index in [-0.39, 0.29) is 41.4 Å². The standard InChI is InChI=1S/C35H38F3N5O2/c1-2-24-26(37)10-8-20-15-23(44)16-25(28(20)24)31-30(38)32-29-27(39-31)11-9-22-7-4-3-5-14-43(22)33(29)41-34(40-32)45-19-35-12-6-13-42(35)18-21(36)17-35/h8,10,15-16,21-22,44H,2-7,9,11-14,17-19H2,1H3/t21-,22?,35+/m1/s1. The molecular weight excluding hydrogens is 579 g/mol. The number of alkyl halides is 1. The molecule has 0 bridgehead atoms. The van der Waals surface area contributed by atoms with Crippen LogP contribution in [0.15, 0.2) is 24.3 Å². The zero-order valence-electron chi connectivity index (χ0n) is 25.6. The maximum atomic E-state index is 17.0. The van der Waals surface area contributed by atoms with Gasteiger partial charge in [0.05, 0.1) is 16.6 Å². The Labute approximate surface area is 260 Å². The van der Waals surface area contributed by atoms with Gasteiger partial charge in [-0.3, -0.25) is 4.90 Å². The average molecular weight is 618 g/mol. The minimum absolute atomic E-state index is 0.0306. The van der Waals surface area contributed by atoms with Crippen LogP contribution in [0, 0.1) is 11.6 Å². The predicted molar refractivity (Wildman–Crippen MR) is 168 cm³/mol. The van der Waals surface area contributed by atoms with E-state index >= 15 is 8.78 Å². The van der Waals surface area contributed by atoms with E-state index in [1.54, 1.807) is 12.1 Å². The van der Waals surface area contributed by atoms with E-state index < -0.39 is 17.5 Å². The summed E-state index contributed by atoms with van der Waals surface area (Å²) in [7, 11) is 0. The molecule has 45 heavy (non-hydrogen) atoms. The summed E-state index contributed by atoms with van der Waals surface area (Å²) in [6.07, 6.45) is 7.47. The third-order valence-corrected chi connectivity index (χ3v) is 10.7. The zero-order chi connectivity index (χ0) is 30.9. The maximum Gasteiger partial charge on any atom is 0.319 e. The Hall–Kier alpha value is -3.66. The number of pyridine rings is 1. The van der Waals surface area contributed by atoms with Gasteiger partial charge >= 0.3 is 6.01 Å². The molecule has 0 amide bonds. The summed E-state index contributed by atoms with van der Waals surface area (Å²) in [5, 5.41) is 12.4. The van der Waals surface area contributed by atoms with Crippen molar-refractivity contribution in [3.8, 4) is 23.0 Å². The van der Waals surface area contributed by atoms with Crippen molar-refractivity contribution >= 4 is 27.5 Å². The molecule has 2 aromatic heterocycles. The van der Waals surface area contributed by atoms with Crippen molar-refractivity contribution in [1.82, 2.24) is 19.9 Å². The molecule has 1 N–H and O–H groups in total. The SMILES string of the molecule is CCc1c(F)ccc2cc(O)cc(-c3nc4c5c(nc(OC[C@@]67CCCN6C[C@H](F)C7)nc5c3F)N3CCCCCC3CC4)c12. The number of fused-ring (bicyclic) bond motifs is 4. The van der Waals surface area contributed by atoms with Gasteiger partial charge in [0, 0.05) is 31.1 Å². The third kappa shape index (κ3) is 4.70. The molecule has 236 valence electrons. The topological polar surface area (TPSA) is 74.6 Å². The molecule has 8 rings (SSSR count). The Balaban J connectivity index is 1.33. The molecule has 10 heteroatoms. The van der Waals surface area contributed by atoms with Gasteiger partial charge in [-0.1, -0.05) is 25.8 Å². The highest BCUT2D eigenvalue weighted by molar-refractivity contribution is 6.02. The number of anilines is 1. The molecule has 0 saturated carbocycles. The largest absolute Gasteiger partial charge is 0.508 e. The molecule has 3 atom stereocenters. The molecule has 1 unspecified atom stereocenters. The second-order valence-electron chi connectivity index (χ2n) is 13.3. The molecule has 7 nitrogen and oxygen atoms in total. The lowest BCUT2D eigenvalue weighted by Gasteiger charge is -2.32.